The van der Waals surface area contributed by atoms with Gasteiger partial charge in [-0.3, -0.25) is 4.79 Å². The number of ether oxygens (including phenoxy) is 1. The van der Waals surface area contributed by atoms with Crippen LogP contribution in [0.5, 0.6) is 5.75 Å². The molecule has 0 aromatic heterocycles. The number of nitrogens with zero attached hydrogens (tertiary/aromatic N) is 1. The van der Waals surface area contributed by atoms with E-state index in [4.69, 9.17) is 4.74 Å². The topological polar surface area (TPSA) is 62.1 Å². The summed E-state index contributed by atoms with van der Waals surface area (Å²) in [5, 5.41) is 12.1. The molecular weight excluding hydrogens is 551 g/mol. The summed E-state index contributed by atoms with van der Waals surface area (Å²) in [6.07, 6.45) is 1.53. The number of para-hydroxylation sites is 1. The Bertz CT molecular complexity index is 837. The monoisotopic (exact) mass is 560 g/mol. The summed E-state index contributed by atoms with van der Waals surface area (Å²) >= 11 is 8.93. The van der Waals surface area contributed by atoms with Gasteiger partial charge in [0.2, 0.25) is 0 Å². The van der Waals surface area contributed by atoms with E-state index in [0.29, 0.717) is 17.0 Å². The van der Waals surface area contributed by atoms with Gasteiger partial charge in [0.25, 0.3) is 5.91 Å². The van der Waals surface area contributed by atoms with Crippen molar-refractivity contribution in [3.05, 3.63) is 60.1 Å². The largest absolute Gasteiger partial charge is 0.494 e. The lowest BCUT2D eigenvalue weighted by molar-refractivity contribution is -0.112. The van der Waals surface area contributed by atoms with Gasteiger partial charge in [-0.25, -0.2) is 0 Å². The van der Waals surface area contributed by atoms with Gasteiger partial charge in [-0.2, -0.15) is 5.26 Å². The highest BCUT2D eigenvalue weighted by atomic mass is 127. The molecule has 0 aliphatic carbocycles. The lowest BCUT2D eigenvalue weighted by Gasteiger charge is -2.08. The fourth-order valence-electron chi connectivity index (χ4n) is 1.93. The molecule has 122 valence electrons. The van der Waals surface area contributed by atoms with Crippen LogP contribution in [0.2, 0.25) is 0 Å². The van der Waals surface area contributed by atoms with Crippen molar-refractivity contribution in [2.45, 2.75) is 0 Å². The Morgan fingerprint density at radius 2 is 1.92 bits per heavy atom. The van der Waals surface area contributed by atoms with Gasteiger partial charge in [-0.1, -0.05) is 12.1 Å². The maximum atomic E-state index is 12.3. The molecular formula is C17H11Br2IN2O2. The maximum absolute atomic E-state index is 12.3. The van der Waals surface area contributed by atoms with Crippen molar-refractivity contribution in [3.8, 4) is 11.8 Å². The molecule has 0 spiro atoms. The molecule has 4 nitrogen and oxygen atoms in total. The summed E-state index contributed by atoms with van der Waals surface area (Å²) in [5.41, 5.74) is 1.38. The summed E-state index contributed by atoms with van der Waals surface area (Å²) in [5.74, 6) is 0.193. The van der Waals surface area contributed by atoms with E-state index in [1.165, 1.54) is 6.08 Å². The molecule has 0 radical (unpaired) electrons. The number of benzene rings is 2. The van der Waals surface area contributed by atoms with Crippen LogP contribution < -0.4 is 10.1 Å². The lowest BCUT2D eigenvalue weighted by atomic mass is 10.1. The van der Waals surface area contributed by atoms with E-state index in [9.17, 15) is 10.1 Å². The van der Waals surface area contributed by atoms with E-state index >= 15 is 0 Å². The molecule has 0 aliphatic rings. The van der Waals surface area contributed by atoms with Gasteiger partial charge in [0.05, 0.1) is 21.7 Å². The van der Waals surface area contributed by atoms with Crippen molar-refractivity contribution in [2.75, 3.05) is 12.4 Å². The number of hydrogen-bond acceptors (Lipinski definition) is 3. The molecule has 2 aromatic rings. The summed E-state index contributed by atoms with van der Waals surface area (Å²) in [6, 6.07) is 12.9. The Labute approximate surface area is 170 Å². The zero-order valence-corrected chi connectivity index (χ0v) is 17.8. The van der Waals surface area contributed by atoms with Crippen LogP contribution in [0.3, 0.4) is 0 Å². The van der Waals surface area contributed by atoms with Crippen molar-refractivity contribution in [1.82, 2.24) is 0 Å². The molecule has 0 heterocycles. The Hall–Kier alpha value is -1.37. The van der Waals surface area contributed by atoms with E-state index in [-0.39, 0.29) is 5.57 Å². The molecule has 7 heteroatoms. The first-order chi connectivity index (χ1) is 11.5. The van der Waals surface area contributed by atoms with Gasteiger partial charge in [0, 0.05) is 3.57 Å². The van der Waals surface area contributed by atoms with E-state index in [0.717, 1.165) is 12.5 Å². The Morgan fingerprint density at radius 1 is 1.29 bits per heavy atom. The number of halogens is 3. The minimum absolute atomic E-state index is 0.0126. The Morgan fingerprint density at radius 3 is 2.46 bits per heavy atom. The van der Waals surface area contributed by atoms with Crippen LogP contribution in [0, 0.1) is 14.9 Å². The van der Waals surface area contributed by atoms with Crippen LogP contribution in [-0.4, -0.2) is 13.0 Å². The molecule has 0 bridgehead atoms. The number of amides is 1. The molecule has 0 saturated carbocycles. The van der Waals surface area contributed by atoms with E-state index in [1.54, 1.807) is 25.3 Å². The molecule has 1 amide bonds. The highest BCUT2D eigenvalue weighted by Crippen LogP contribution is 2.35. The highest BCUT2D eigenvalue weighted by Gasteiger charge is 2.13. The van der Waals surface area contributed by atoms with Crippen LogP contribution in [0.25, 0.3) is 6.08 Å². The Balaban J connectivity index is 2.31. The predicted molar refractivity (Wildman–Crippen MR) is 110 cm³/mol. The first-order valence-electron chi connectivity index (χ1n) is 6.67. The highest BCUT2D eigenvalue weighted by molar-refractivity contribution is 14.1. The summed E-state index contributed by atoms with van der Waals surface area (Å²) in [7, 11) is 1.57. The fraction of sp³-hybridized carbons (Fsp3) is 0.0588. The third-order valence-corrected chi connectivity index (χ3v) is 5.14. The first-order valence-corrected chi connectivity index (χ1v) is 9.33. The second-order valence-electron chi connectivity index (χ2n) is 4.62. The molecule has 0 saturated heterocycles. The van der Waals surface area contributed by atoms with Crippen molar-refractivity contribution in [1.29, 1.82) is 5.26 Å². The van der Waals surface area contributed by atoms with Crippen LogP contribution in [-0.2, 0) is 4.79 Å². The zero-order chi connectivity index (χ0) is 17.7. The Kier molecular flexibility index (Phi) is 6.83. The fourth-order valence-corrected chi connectivity index (χ4v) is 3.99. The third kappa shape index (κ3) is 4.59. The van der Waals surface area contributed by atoms with Crippen molar-refractivity contribution < 1.29 is 9.53 Å². The molecule has 1 N–H and O–H groups in total. The predicted octanol–water partition coefficient (Wildman–Crippen LogP) is 5.37. The first kappa shape index (κ1) is 19.0. The minimum Gasteiger partial charge on any atom is -0.494 e. The van der Waals surface area contributed by atoms with Crippen LogP contribution >= 0.6 is 54.5 Å². The summed E-state index contributed by atoms with van der Waals surface area (Å²) in [4.78, 5) is 12.3. The SMILES string of the molecule is COc1c(Br)cc(/C=C(/C#N)C(=O)Nc2ccccc2I)cc1Br. The van der Waals surface area contributed by atoms with Gasteiger partial charge in [0.1, 0.15) is 17.4 Å². The number of methoxy groups -OCH3 is 1. The van der Waals surface area contributed by atoms with Gasteiger partial charge in [-0.15, -0.1) is 0 Å². The molecule has 0 fully saturated rings. The van der Waals surface area contributed by atoms with Crippen molar-refractivity contribution in [3.63, 3.8) is 0 Å². The second kappa shape index (κ2) is 8.65. The average molecular weight is 562 g/mol. The van der Waals surface area contributed by atoms with Gasteiger partial charge < -0.3 is 10.1 Å². The minimum atomic E-state index is -0.454. The number of anilines is 1. The van der Waals surface area contributed by atoms with Crippen LogP contribution in [0.15, 0.2) is 50.9 Å². The lowest BCUT2D eigenvalue weighted by Crippen LogP contribution is -2.14. The van der Waals surface area contributed by atoms with E-state index in [2.05, 4.69) is 59.8 Å². The van der Waals surface area contributed by atoms with Gasteiger partial charge >= 0.3 is 0 Å². The van der Waals surface area contributed by atoms with Gasteiger partial charge in [-0.05, 0) is 90.4 Å². The van der Waals surface area contributed by atoms with Crippen LogP contribution in [0.4, 0.5) is 5.69 Å². The molecule has 0 unspecified atom stereocenters. The van der Waals surface area contributed by atoms with Gasteiger partial charge in [0.15, 0.2) is 0 Å². The molecule has 2 aromatic carbocycles. The van der Waals surface area contributed by atoms with Crippen molar-refractivity contribution >= 4 is 72.1 Å². The normalized spacial score (nSPS) is 10.9. The molecule has 0 atom stereocenters. The van der Waals surface area contributed by atoms with Crippen molar-refractivity contribution in [2.24, 2.45) is 0 Å². The molecule has 24 heavy (non-hydrogen) atoms. The quantitative estimate of drug-likeness (QED) is 0.310. The molecule has 2 rings (SSSR count). The zero-order valence-electron chi connectivity index (χ0n) is 12.4. The third-order valence-electron chi connectivity index (χ3n) is 3.02. The van der Waals surface area contributed by atoms with Crippen LogP contribution in [0.1, 0.15) is 5.56 Å². The summed E-state index contributed by atoms with van der Waals surface area (Å²) < 4.78 is 7.59. The number of carbonyl (C=O) groups excluding carboxylic acids is 1. The molecule has 0 aliphatic heterocycles. The average Bonchev–Trinajstić information content (AvgIpc) is 2.54. The standard InChI is InChI=1S/C17H11Br2IN2O2/c1-24-16-12(18)7-10(8-13(16)19)6-11(9-21)17(23)22-15-5-3-2-4-14(15)20/h2-8H,1H3,(H,22,23)/b11-6-. The smallest absolute Gasteiger partial charge is 0.266 e. The number of rotatable bonds is 4. The second-order valence-corrected chi connectivity index (χ2v) is 7.49. The maximum Gasteiger partial charge on any atom is 0.266 e. The number of carbonyl (C=O) groups is 1. The number of nitriles is 1. The number of nitrogens with one attached hydrogen (secondary N) is 1. The van der Waals surface area contributed by atoms with E-state index < -0.39 is 5.91 Å². The number of hydrogen-bond donors (Lipinski definition) is 1. The summed E-state index contributed by atoms with van der Waals surface area (Å²) in [6.45, 7) is 0. The van der Waals surface area contributed by atoms with E-state index in [1.807, 2.05) is 24.3 Å².